The average molecular weight is 177 g/mol. The minimum Gasteiger partial charge on any atom is -0.457 e. The van der Waals surface area contributed by atoms with E-state index in [1.54, 1.807) is 18.2 Å². The van der Waals surface area contributed by atoms with E-state index in [0.717, 1.165) is 11.1 Å². The zero-order chi connectivity index (χ0) is 9.26. The van der Waals surface area contributed by atoms with Gasteiger partial charge in [-0.3, -0.25) is 0 Å². The van der Waals surface area contributed by atoms with E-state index in [9.17, 15) is 4.79 Å². The smallest absolute Gasteiger partial charge is 0.338 e. The summed E-state index contributed by atoms with van der Waals surface area (Å²) < 4.78 is 4.81. The number of oxime groups is 1. The third-order valence-corrected chi connectivity index (χ3v) is 1.91. The fraction of sp³-hybridized carbons (Fsp3) is 0.111. The van der Waals surface area contributed by atoms with Crippen LogP contribution in [0, 0.1) is 0 Å². The van der Waals surface area contributed by atoms with Gasteiger partial charge >= 0.3 is 5.97 Å². The monoisotopic (exact) mass is 177 g/mol. The average Bonchev–Trinajstić information content (AvgIpc) is 2.48. The summed E-state index contributed by atoms with van der Waals surface area (Å²) >= 11 is 0. The van der Waals surface area contributed by atoms with Crippen LogP contribution in [-0.2, 0) is 11.3 Å². The number of carbonyl (C=O) groups is 1. The third-order valence-electron chi connectivity index (χ3n) is 1.91. The Bertz CT molecular complexity index is 384. The second kappa shape index (κ2) is 2.90. The Morgan fingerprint density at radius 3 is 3.15 bits per heavy atom. The first-order chi connectivity index (χ1) is 6.31. The number of hydrogen-bond acceptors (Lipinski definition) is 4. The lowest BCUT2D eigenvalue weighted by molar-refractivity contribution is 0.0535. The molecular formula is C9H7NO3. The Labute approximate surface area is 74.4 Å². The fourth-order valence-corrected chi connectivity index (χ4v) is 1.30. The van der Waals surface area contributed by atoms with Gasteiger partial charge in [-0.25, -0.2) is 4.79 Å². The quantitative estimate of drug-likeness (QED) is 0.303. The van der Waals surface area contributed by atoms with Crippen molar-refractivity contribution in [3.63, 3.8) is 0 Å². The Balaban J connectivity index is 2.45. The SMILES string of the molecule is O=C1OCc2cc(/C=N/O)ccc21. The number of benzene rings is 1. The predicted molar refractivity (Wildman–Crippen MR) is 44.9 cm³/mol. The Hall–Kier alpha value is -1.84. The van der Waals surface area contributed by atoms with Gasteiger partial charge in [0.2, 0.25) is 0 Å². The molecule has 0 atom stereocenters. The lowest BCUT2D eigenvalue weighted by Gasteiger charge is -1.94. The van der Waals surface area contributed by atoms with E-state index in [2.05, 4.69) is 5.16 Å². The molecule has 13 heavy (non-hydrogen) atoms. The molecule has 66 valence electrons. The standard InChI is InChI=1S/C9H7NO3/c11-9-8-2-1-6(4-10-12)3-7(8)5-13-9/h1-4,12H,5H2/b10-4+. The normalized spacial score (nSPS) is 14.6. The largest absolute Gasteiger partial charge is 0.457 e. The number of hydrogen-bond donors (Lipinski definition) is 1. The lowest BCUT2D eigenvalue weighted by atomic mass is 10.1. The number of rotatable bonds is 1. The molecule has 0 unspecified atom stereocenters. The van der Waals surface area contributed by atoms with Gasteiger partial charge in [-0.05, 0) is 17.7 Å². The molecule has 2 rings (SSSR count). The maximum Gasteiger partial charge on any atom is 0.338 e. The van der Waals surface area contributed by atoms with Gasteiger partial charge in [0.05, 0.1) is 11.8 Å². The van der Waals surface area contributed by atoms with Crippen molar-refractivity contribution in [3.05, 3.63) is 34.9 Å². The summed E-state index contributed by atoms with van der Waals surface area (Å²) in [6.07, 6.45) is 1.31. The number of esters is 1. The van der Waals surface area contributed by atoms with E-state index in [1.165, 1.54) is 6.21 Å². The highest BCUT2D eigenvalue weighted by Crippen LogP contribution is 2.20. The molecule has 0 fully saturated rings. The van der Waals surface area contributed by atoms with Crippen LogP contribution in [0.3, 0.4) is 0 Å². The predicted octanol–water partition coefficient (Wildman–Crippen LogP) is 1.17. The molecule has 4 nitrogen and oxygen atoms in total. The summed E-state index contributed by atoms with van der Waals surface area (Å²) in [5.41, 5.74) is 2.18. The van der Waals surface area contributed by atoms with Crippen LogP contribution >= 0.6 is 0 Å². The van der Waals surface area contributed by atoms with E-state index in [4.69, 9.17) is 9.94 Å². The van der Waals surface area contributed by atoms with Crippen molar-refractivity contribution in [3.8, 4) is 0 Å². The van der Waals surface area contributed by atoms with Crippen molar-refractivity contribution in [2.45, 2.75) is 6.61 Å². The lowest BCUT2D eigenvalue weighted by Crippen LogP contribution is -1.93. The number of nitrogens with zero attached hydrogens (tertiary/aromatic N) is 1. The van der Waals surface area contributed by atoms with Crippen molar-refractivity contribution in [2.24, 2.45) is 5.16 Å². The summed E-state index contributed by atoms with van der Waals surface area (Å²) in [6.45, 7) is 0.307. The molecule has 1 aliphatic heterocycles. The van der Waals surface area contributed by atoms with Gasteiger partial charge < -0.3 is 9.94 Å². The highest BCUT2D eigenvalue weighted by molar-refractivity contribution is 5.94. The number of ether oxygens (including phenoxy) is 1. The molecule has 0 aliphatic carbocycles. The van der Waals surface area contributed by atoms with Crippen LogP contribution in [0.1, 0.15) is 21.5 Å². The minimum atomic E-state index is -0.289. The number of fused-ring (bicyclic) bond motifs is 1. The van der Waals surface area contributed by atoms with Crippen LogP contribution in [0.2, 0.25) is 0 Å². The Morgan fingerprint density at radius 1 is 1.54 bits per heavy atom. The first-order valence-electron chi connectivity index (χ1n) is 3.79. The van der Waals surface area contributed by atoms with E-state index >= 15 is 0 Å². The van der Waals surface area contributed by atoms with Crippen LogP contribution in [0.5, 0.6) is 0 Å². The summed E-state index contributed by atoms with van der Waals surface area (Å²) in [4.78, 5) is 11.0. The van der Waals surface area contributed by atoms with Gasteiger partial charge in [-0.2, -0.15) is 0 Å². The number of carbonyl (C=O) groups excluding carboxylic acids is 1. The van der Waals surface area contributed by atoms with Gasteiger partial charge in [-0.1, -0.05) is 11.2 Å². The Morgan fingerprint density at radius 2 is 2.38 bits per heavy atom. The van der Waals surface area contributed by atoms with Crippen LogP contribution in [0.4, 0.5) is 0 Å². The first-order valence-corrected chi connectivity index (χ1v) is 3.79. The zero-order valence-electron chi connectivity index (χ0n) is 6.73. The van der Waals surface area contributed by atoms with Crippen LogP contribution in [0.15, 0.2) is 23.4 Å². The number of cyclic esters (lactones) is 1. The molecule has 0 amide bonds. The topological polar surface area (TPSA) is 58.9 Å². The van der Waals surface area contributed by atoms with Crippen LogP contribution < -0.4 is 0 Å². The van der Waals surface area contributed by atoms with Crippen molar-refractivity contribution in [1.82, 2.24) is 0 Å². The third kappa shape index (κ3) is 1.26. The Kier molecular flexibility index (Phi) is 1.73. The van der Waals surface area contributed by atoms with Gasteiger partial charge in [0, 0.05) is 5.56 Å². The van der Waals surface area contributed by atoms with E-state index in [-0.39, 0.29) is 5.97 Å². The van der Waals surface area contributed by atoms with Crippen LogP contribution in [-0.4, -0.2) is 17.4 Å². The second-order valence-electron chi connectivity index (χ2n) is 2.74. The molecule has 1 aromatic rings. The summed E-state index contributed by atoms with van der Waals surface area (Å²) in [5.74, 6) is -0.289. The van der Waals surface area contributed by atoms with Crippen molar-refractivity contribution >= 4 is 12.2 Å². The van der Waals surface area contributed by atoms with Crippen molar-refractivity contribution < 1.29 is 14.7 Å². The molecule has 1 aromatic carbocycles. The first kappa shape index (κ1) is 7.79. The van der Waals surface area contributed by atoms with Crippen LogP contribution in [0.25, 0.3) is 0 Å². The molecule has 1 heterocycles. The van der Waals surface area contributed by atoms with Gasteiger partial charge in [0.1, 0.15) is 6.61 Å². The van der Waals surface area contributed by atoms with Gasteiger partial charge in [0.25, 0.3) is 0 Å². The maximum atomic E-state index is 11.0. The molecule has 0 saturated heterocycles. The summed E-state index contributed by atoms with van der Waals surface area (Å²) in [7, 11) is 0. The van der Waals surface area contributed by atoms with E-state index < -0.39 is 0 Å². The molecular weight excluding hydrogens is 170 g/mol. The molecule has 4 heteroatoms. The van der Waals surface area contributed by atoms with Gasteiger partial charge in [0.15, 0.2) is 0 Å². The molecule has 0 spiro atoms. The fourth-order valence-electron chi connectivity index (χ4n) is 1.30. The molecule has 1 N–H and O–H groups in total. The minimum absolute atomic E-state index is 0.289. The molecule has 0 bridgehead atoms. The molecule has 0 saturated carbocycles. The van der Waals surface area contributed by atoms with E-state index in [0.29, 0.717) is 12.2 Å². The summed E-state index contributed by atoms with van der Waals surface area (Å²) in [6, 6.07) is 5.13. The highest BCUT2D eigenvalue weighted by atomic mass is 16.5. The summed E-state index contributed by atoms with van der Waals surface area (Å²) in [5, 5.41) is 11.2. The molecule has 1 aliphatic rings. The van der Waals surface area contributed by atoms with Gasteiger partial charge in [-0.15, -0.1) is 0 Å². The maximum absolute atomic E-state index is 11.0. The zero-order valence-corrected chi connectivity index (χ0v) is 6.73. The molecule has 0 aromatic heterocycles. The molecule has 0 radical (unpaired) electrons. The van der Waals surface area contributed by atoms with E-state index in [1.807, 2.05) is 0 Å². The van der Waals surface area contributed by atoms with Crippen molar-refractivity contribution in [2.75, 3.05) is 0 Å². The second-order valence-corrected chi connectivity index (χ2v) is 2.74. The van der Waals surface area contributed by atoms with Crippen molar-refractivity contribution in [1.29, 1.82) is 0 Å². The highest BCUT2D eigenvalue weighted by Gasteiger charge is 2.20.